The first-order chi connectivity index (χ1) is 4.04. The number of halogens is 1. The standard InChI is InChI=1S/C5H8O4.ClH.H3N.Na.H/c1-3(6)5(8)9-4(2)7;;;;/h3,6H,1-2H3;1H;1H3;;. The third-order valence-electron chi connectivity index (χ3n) is 0.585. The minimum atomic E-state index is -1.23. The van der Waals surface area contributed by atoms with Crippen molar-refractivity contribution in [2.45, 2.75) is 20.0 Å². The van der Waals surface area contributed by atoms with Gasteiger partial charge in [0.05, 0.1) is 0 Å². The fraction of sp³-hybridized carbons (Fsp3) is 0.600. The number of carbonyl (C=O) groups is 2. The number of aliphatic hydroxyl groups is 1. The van der Waals surface area contributed by atoms with Crippen LogP contribution in [0, 0.1) is 0 Å². The van der Waals surface area contributed by atoms with Gasteiger partial charge in [0.25, 0.3) is 0 Å². The van der Waals surface area contributed by atoms with Crippen LogP contribution in [0.15, 0.2) is 0 Å². The van der Waals surface area contributed by atoms with Gasteiger partial charge in [-0.2, -0.15) is 0 Å². The zero-order chi connectivity index (χ0) is 7.44. The Morgan fingerprint density at radius 1 is 1.42 bits per heavy atom. The van der Waals surface area contributed by atoms with E-state index in [-0.39, 0.29) is 48.1 Å². The topological polar surface area (TPSA) is 98.6 Å². The van der Waals surface area contributed by atoms with Gasteiger partial charge in [-0.15, -0.1) is 12.4 Å². The molecule has 0 heterocycles. The van der Waals surface area contributed by atoms with Crippen molar-refractivity contribution in [2.75, 3.05) is 0 Å². The molecule has 0 aromatic heterocycles. The Morgan fingerprint density at radius 2 is 1.75 bits per heavy atom. The van der Waals surface area contributed by atoms with Crippen molar-refractivity contribution in [2.24, 2.45) is 0 Å². The van der Waals surface area contributed by atoms with E-state index in [0.29, 0.717) is 0 Å². The van der Waals surface area contributed by atoms with Crippen molar-refractivity contribution in [3.8, 4) is 0 Å². The summed E-state index contributed by atoms with van der Waals surface area (Å²) in [6.45, 7) is 2.32. The average Bonchev–Trinajstić information content (AvgIpc) is 1.63. The van der Waals surface area contributed by atoms with Crippen LogP contribution < -0.4 is 6.15 Å². The van der Waals surface area contributed by atoms with Crippen molar-refractivity contribution in [3.05, 3.63) is 0 Å². The molecule has 0 fully saturated rings. The molecule has 70 valence electrons. The summed E-state index contributed by atoms with van der Waals surface area (Å²) in [5.74, 6) is -1.62. The molecule has 0 spiro atoms. The van der Waals surface area contributed by atoms with Crippen molar-refractivity contribution >= 4 is 53.9 Å². The fourth-order valence-corrected chi connectivity index (χ4v) is 0.227. The maximum absolute atomic E-state index is 10.3. The Kier molecular flexibility index (Phi) is 21.6. The molecule has 1 atom stereocenters. The van der Waals surface area contributed by atoms with Gasteiger partial charge in [-0.25, -0.2) is 4.79 Å². The second-order valence-corrected chi connectivity index (χ2v) is 1.59. The summed E-state index contributed by atoms with van der Waals surface area (Å²) in [6, 6.07) is 0. The Bertz CT molecular complexity index is 141. The minimum absolute atomic E-state index is 0. The van der Waals surface area contributed by atoms with E-state index < -0.39 is 18.0 Å². The SMILES string of the molecule is CC(=O)OC(=O)C(C)O.Cl.N.[NaH]. The van der Waals surface area contributed by atoms with Crippen molar-refractivity contribution < 1.29 is 19.4 Å². The summed E-state index contributed by atoms with van der Waals surface area (Å²) in [4.78, 5) is 20.3. The Balaban J connectivity index is -0.000000107. The van der Waals surface area contributed by atoms with Crippen LogP contribution >= 0.6 is 12.4 Å². The fourth-order valence-electron chi connectivity index (χ4n) is 0.227. The maximum atomic E-state index is 10.3. The molecule has 1 unspecified atom stereocenters. The number of rotatable bonds is 1. The monoisotopic (exact) mass is 209 g/mol. The molecule has 0 saturated heterocycles. The first-order valence-corrected chi connectivity index (χ1v) is 2.44. The third kappa shape index (κ3) is 13.0. The van der Waals surface area contributed by atoms with Gasteiger partial charge in [-0.1, -0.05) is 0 Å². The molecule has 0 aromatic rings. The van der Waals surface area contributed by atoms with E-state index in [1.807, 2.05) is 0 Å². The van der Waals surface area contributed by atoms with E-state index in [0.717, 1.165) is 6.92 Å². The molecule has 0 radical (unpaired) electrons. The molecular weight excluding hydrogens is 197 g/mol. The van der Waals surface area contributed by atoms with Crippen LogP contribution in [-0.2, 0) is 14.3 Å². The molecule has 4 N–H and O–H groups in total. The van der Waals surface area contributed by atoms with E-state index in [2.05, 4.69) is 4.74 Å². The summed E-state index contributed by atoms with van der Waals surface area (Å²) >= 11 is 0. The van der Waals surface area contributed by atoms with Gasteiger partial charge in [-0.05, 0) is 6.92 Å². The predicted molar refractivity (Wildman–Crippen MR) is 47.9 cm³/mol. The van der Waals surface area contributed by atoms with Gasteiger partial charge in [0.1, 0.15) is 6.10 Å². The first-order valence-electron chi connectivity index (χ1n) is 2.44. The Morgan fingerprint density at radius 3 is 1.83 bits per heavy atom. The summed E-state index contributed by atoms with van der Waals surface area (Å²) < 4.78 is 3.98. The molecule has 5 nitrogen and oxygen atoms in total. The van der Waals surface area contributed by atoms with Crippen molar-refractivity contribution in [3.63, 3.8) is 0 Å². The molecule has 0 aromatic carbocycles. The van der Waals surface area contributed by atoms with E-state index in [9.17, 15) is 9.59 Å². The van der Waals surface area contributed by atoms with Crippen molar-refractivity contribution in [1.29, 1.82) is 0 Å². The van der Waals surface area contributed by atoms with Gasteiger partial charge in [0.15, 0.2) is 0 Å². The normalized spacial score (nSPS) is 9.25. The summed E-state index contributed by atoms with van der Waals surface area (Å²) in [7, 11) is 0. The first kappa shape index (κ1) is 22.8. The van der Waals surface area contributed by atoms with Crippen LogP contribution in [-0.4, -0.2) is 52.7 Å². The number of aliphatic hydroxyl groups excluding tert-OH is 1. The van der Waals surface area contributed by atoms with Gasteiger partial charge in [0, 0.05) is 6.92 Å². The van der Waals surface area contributed by atoms with Crippen LogP contribution in [0.4, 0.5) is 0 Å². The van der Waals surface area contributed by atoms with Crippen LogP contribution in [0.2, 0.25) is 0 Å². The summed E-state index contributed by atoms with van der Waals surface area (Å²) in [5, 5.41) is 8.44. The molecule has 0 saturated carbocycles. The molecule has 0 aliphatic carbocycles. The van der Waals surface area contributed by atoms with Gasteiger partial charge in [0.2, 0.25) is 0 Å². The van der Waals surface area contributed by atoms with Crippen molar-refractivity contribution in [1.82, 2.24) is 6.15 Å². The second kappa shape index (κ2) is 11.4. The molecule has 7 heteroatoms. The second-order valence-electron chi connectivity index (χ2n) is 1.59. The summed E-state index contributed by atoms with van der Waals surface area (Å²) in [6.07, 6.45) is -1.23. The van der Waals surface area contributed by atoms with E-state index >= 15 is 0 Å². The van der Waals surface area contributed by atoms with E-state index in [1.54, 1.807) is 0 Å². The molecule has 0 rings (SSSR count). The van der Waals surface area contributed by atoms with E-state index in [1.165, 1.54) is 6.92 Å². The molecule has 12 heavy (non-hydrogen) atoms. The number of esters is 2. The number of carbonyl (C=O) groups excluding carboxylic acids is 2. The van der Waals surface area contributed by atoms with Gasteiger partial charge >= 0.3 is 41.5 Å². The number of hydrogen-bond donors (Lipinski definition) is 2. The molecule has 0 amide bonds. The third-order valence-corrected chi connectivity index (χ3v) is 0.585. The van der Waals surface area contributed by atoms with Crippen LogP contribution in [0.1, 0.15) is 13.8 Å². The quantitative estimate of drug-likeness (QED) is 0.341. The van der Waals surface area contributed by atoms with Crippen LogP contribution in [0.3, 0.4) is 0 Å². The average molecular weight is 210 g/mol. The molecule has 0 aliphatic heterocycles. The molecular formula is C5H13ClNNaO4. The Hall–Kier alpha value is 0.350. The predicted octanol–water partition coefficient (Wildman–Crippen LogP) is -0.608. The molecule has 0 aliphatic rings. The Labute approximate surface area is 99.1 Å². The molecule has 0 bridgehead atoms. The van der Waals surface area contributed by atoms with E-state index in [4.69, 9.17) is 5.11 Å². The number of ether oxygens (including phenoxy) is 1. The number of hydrogen-bond acceptors (Lipinski definition) is 5. The van der Waals surface area contributed by atoms with Gasteiger partial charge < -0.3 is 16.0 Å². The summed E-state index contributed by atoms with van der Waals surface area (Å²) in [5.41, 5.74) is 0. The van der Waals surface area contributed by atoms with Gasteiger partial charge in [-0.3, -0.25) is 4.79 Å². The van der Waals surface area contributed by atoms with Crippen LogP contribution in [0.5, 0.6) is 0 Å². The zero-order valence-electron chi connectivity index (χ0n) is 6.36. The van der Waals surface area contributed by atoms with Crippen LogP contribution in [0.25, 0.3) is 0 Å². The zero-order valence-corrected chi connectivity index (χ0v) is 7.18.